The molecule has 0 spiro atoms. The van der Waals surface area contributed by atoms with Crippen molar-refractivity contribution in [3.05, 3.63) is 58.1 Å². The normalized spacial score (nSPS) is 18.8. The molecule has 8 heteroatoms. The van der Waals surface area contributed by atoms with Gasteiger partial charge in [-0.2, -0.15) is 13.2 Å². The summed E-state index contributed by atoms with van der Waals surface area (Å²) in [7, 11) is 0. The van der Waals surface area contributed by atoms with Gasteiger partial charge in [0.25, 0.3) is 0 Å². The lowest BCUT2D eigenvalue weighted by Gasteiger charge is -2.32. The van der Waals surface area contributed by atoms with Crippen LogP contribution in [0.25, 0.3) is 0 Å². The van der Waals surface area contributed by atoms with Crippen LogP contribution in [0.1, 0.15) is 56.4 Å². The Kier molecular flexibility index (Phi) is 7.31. The number of alkyl halides is 3. The molecular weight excluding hydrogens is 493 g/mol. The van der Waals surface area contributed by atoms with E-state index in [9.17, 15) is 18.0 Å². The van der Waals surface area contributed by atoms with Crippen LogP contribution >= 0.6 is 27.7 Å². The summed E-state index contributed by atoms with van der Waals surface area (Å²) in [5, 5.41) is -0.103. The Bertz CT molecular complexity index is 940. The fourth-order valence-electron chi connectivity index (χ4n) is 3.34. The van der Waals surface area contributed by atoms with E-state index in [-0.39, 0.29) is 23.7 Å². The molecule has 0 amide bonds. The van der Waals surface area contributed by atoms with Gasteiger partial charge in [0.15, 0.2) is 0 Å². The molecule has 168 valence electrons. The molecule has 3 rings (SSSR count). The number of hydrogen-bond donors (Lipinski definition) is 0. The van der Waals surface area contributed by atoms with Crippen molar-refractivity contribution in [2.45, 2.75) is 68.1 Å². The molecule has 31 heavy (non-hydrogen) atoms. The lowest BCUT2D eigenvalue weighted by atomic mass is 9.99. The first-order valence-corrected chi connectivity index (χ1v) is 11.6. The van der Waals surface area contributed by atoms with E-state index < -0.39 is 17.3 Å². The minimum atomic E-state index is -4.39. The molecule has 0 radical (unpaired) electrons. The van der Waals surface area contributed by atoms with Gasteiger partial charge in [-0.1, -0.05) is 22.0 Å². The number of halogens is 4. The Morgan fingerprint density at radius 3 is 2.61 bits per heavy atom. The van der Waals surface area contributed by atoms with E-state index in [4.69, 9.17) is 9.47 Å². The number of ether oxygens (including phenoxy) is 2. The van der Waals surface area contributed by atoms with Crippen molar-refractivity contribution in [2.75, 3.05) is 0 Å². The van der Waals surface area contributed by atoms with Crippen LogP contribution in [0.15, 0.2) is 51.8 Å². The number of benzene rings is 2. The van der Waals surface area contributed by atoms with E-state index in [0.717, 1.165) is 16.1 Å². The van der Waals surface area contributed by atoms with Crippen LogP contribution in [0, 0.1) is 0 Å². The van der Waals surface area contributed by atoms with E-state index in [1.165, 1.54) is 23.9 Å². The van der Waals surface area contributed by atoms with E-state index in [1.807, 2.05) is 39.0 Å². The molecule has 2 unspecified atom stereocenters. The second-order valence-corrected chi connectivity index (χ2v) is 10.6. The van der Waals surface area contributed by atoms with Crippen molar-refractivity contribution in [1.29, 1.82) is 0 Å². The minimum Gasteiger partial charge on any atom is -0.490 e. The molecule has 2 aromatic rings. The molecule has 1 aliphatic rings. The van der Waals surface area contributed by atoms with Gasteiger partial charge in [0.1, 0.15) is 17.5 Å². The van der Waals surface area contributed by atoms with Crippen LogP contribution in [-0.2, 0) is 15.7 Å². The topological polar surface area (TPSA) is 35.5 Å². The van der Waals surface area contributed by atoms with E-state index in [1.54, 1.807) is 6.07 Å². The molecule has 1 heterocycles. The van der Waals surface area contributed by atoms with Crippen LogP contribution in [-0.4, -0.2) is 17.7 Å². The van der Waals surface area contributed by atoms with Gasteiger partial charge >= 0.3 is 12.1 Å². The fourth-order valence-corrected chi connectivity index (χ4v) is 5.02. The highest BCUT2D eigenvalue weighted by Gasteiger charge is 2.33. The molecule has 0 fully saturated rings. The number of carbonyl (C=O) groups excluding carboxylic acids is 1. The standard InChI is InChI=1S/C23H24BrF3O3S/c1-22(2,3)30-21(28)10-8-16-13-20(18-12-15(24)7-9-19(18)29-16)31-17-6-4-5-14(11-17)23(25,26)27/h4-7,9,11-12,16,20H,8,10,13H2,1-3H3. The average Bonchev–Trinajstić information content (AvgIpc) is 2.65. The zero-order valence-corrected chi connectivity index (χ0v) is 19.9. The predicted molar refractivity (Wildman–Crippen MR) is 118 cm³/mol. The van der Waals surface area contributed by atoms with Gasteiger partial charge in [0.2, 0.25) is 0 Å². The molecule has 2 aromatic carbocycles. The van der Waals surface area contributed by atoms with Gasteiger partial charge in [-0.05, 0) is 63.6 Å². The second-order valence-electron chi connectivity index (χ2n) is 8.41. The van der Waals surface area contributed by atoms with Crippen molar-refractivity contribution in [3.8, 4) is 5.75 Å². The number of hydrogen-bond acceptors (Lipinski definition) is 4. The molecular formula is C23H24BrF3O3S. The zero-order valence-electron chi connectivity index (χ0n) is 17.5. The summed E-state index contributed by atoms with van der Waals surface area (Å²) in [5.74, 6) is 0.396. The molecule has 0 saturated heterocycles. The maximum atomic E-state index is 13.1. The summed E-state index contributed by atoms with van der Waals surface area (Å²) >= 11 is 4.84. The highest BCUT2D eigenvalue weighted by molar-refractivity contribution is 9.10. The van der Waals surface area contributed by atoms with E-state index in [0.29, 0.717) is 23.5 Å². The summed E-state index contributed by atoms with van der Waals surface area (Å²) < 4.78 is 51.7. The molecule has 1 aliphatic heterocycles. The van der Waals surface area contributed by atoms with Gasteiger partial charge in [-0.3, -0.25) is 4.79 Å². The summed E-state index contributed by atoms with van der Waals surface area (Å²) in [6.45, 7) is 5.45. The first-order chi connectivity index (χ1) is 14.4. The Labute approximate surface area is 192 Å². The minimum absolute atomic E-state index is 0.103. The van der Waals surface area contributed by atoms with Gasteiger partial charge in [0, 0.05) is 33.0 Å². The van der Waals surface area contributed by atoms with Crippen LogP contribution in [0.2, 0.25) is 0 Å². The smallest absolute Gasteiger partial charge is 0.416 e. The van der Waals surface area contributed by atoms with Crippen LogP contribution < -0.4 is 4.74 Å². The quantitative estimate of drug-likeness (QED) is 0.383. The Morgan fingerprint density at radius 1 is 1.19 bits per heavy atom. The van der Waals surface area contributed by atoms with Crippen molar-refractivity contribution < 1.29 is 27.4 Å². The third-order valence-corrected chi connectivity index (χ3v) is 6.37. The van der Waals surface area contributed by atoms with Crippen molar-refractivity contribution in [3.63, 3.8) is 0 Å². The third kappa shape index (κ3) is 6.91. The molecule has 0 bridgehead atoms. The van der Waals surface area contributed by atoms with Gasteiger partial charge < -0.3 is 9.47 Å². The maximum absolute atomic E-state index is 13.1. The summed E-state index contributed by atoms with van der Waals surface area (Å²) in [4.78, 5) is 12.6. The van der Waals surface area contributed by atoms with Crippen LogP contribution in [0.4, 0.5) is 13.2 Å². The van der Waals surface area contributed by atoms with Gasteiger partial charge in [-0.15, -0.1) is 11.8 Å². The number of esters is 1. The lowest BCUT2D eigenvalue weighted by Crippen LogP contribution is -2.28. The molecule has 0 N–H and O–H groups in total. The summed E-state index contributed by atoms with van der Waals surface area (Å²) in [6, 6.07) is 11.0. The predicted octanol–water partition coefficient (Wildman–Crippen LogP) is 7.57. The first-order valence-electron chi connectivity index (χ1n) is 9.92. The zero-order chi connectivity index (χ0) is 22.8. The van der Waals surface area contributed by atoms with Gasteiger partial charge in [-0.25, -0.2) is 0 Å². The molecule has 2 atom stereocenters. The molecule has 0 aromatic heterocycles. The molecule has 0 aliphatic carbocycles. The van der Waals surface area contributed by atoms with E-state index >= 15 is 0 Å². The van der Waals surface area contributed by atoms with Gasteiger partial charge in [0.05, 0.1) is 5.56 Å². The van der Waals surface area contributed by atoms with Crippen LogP contribution in [0.3, 0.4) is 0 Å². The number of rotatable bonds is 5. The summed E-state index contributed by atoms with van der Waals surface area (Å²) in [6.07, 6.45) is -3.35. The van der Waals surface area contributed by atoms with Crippen LogP contribution in [0.5, 0.6) is 5.75 Å². The van der Waals surface area contributed by atoms with E-state index in [2.05, 4.69) is 15.9 Å². The number of fused-ring (bicyclic) bond motifs is 1. The maximum Gasteiger partial charge on any atom is 0.416 e. The van der Waals surface area contributed by atoms with Crippen molar-refractivity contribution in [1.82, 2.24) is 0 Å². The lowest BCUT2D eigenvalue weighted by molar-refractivity contribution is -0.155. The largest absolute Gasteiger partial charge is 0.490 e. The average molecular weight is 517 g/mol. The first kappa shape index (κ1) is 24.0. The SMILES string of the molecule is CC(C)(C)OC(=O)CCC1CC(Sc2cccc(C(F)(F)F)c2)c2cc(Br)ccc2O1. The number of thioether (sulfide) groups is 1. The Hall–Kier alpha value is -1.67. The molecule has 3 nitrogen and oxygen atoms in total. The number of carbonyl (C=O) groups is 1. The molecule has 0 saturated carbocycles. The Balaban J connectivity index is 1.77. The third-order valence-electron chi connectivity index (χ3n) is 4.62. The second kappa shape index (κ2) is 9.45. The van der Waals surface area contributed by atoms with Crippen molar-refractivity contribution in [2.24, 2.45) is 0 Å². The monoisotopic (exact) mass is 516 g/mol. The van der Waals surface area contributed by atoms with Crippen molar-refractivity contribution >= 4 is 33.7 Å². The fraction of sp³-hybridized carbons (Fsp3) is 0.435. The highest BCUT2D eigenvalue weighted by atomic mass is 79.9. The Morgan fingerprint density at radius 2 is 1.94 bits per heavy atom. The summed E-state index contributed by atoms with van der Waals surface area (Å²) in [5.41, 5.74) is -0.295. The highest BCUT2D eigenvalue weighted by Crippen LogP contribution is 2.48.